The van der Waals surface area contributed by atoms with E-state index < -0.39 is 0 Å². The lowest BCUT2D eigenvalue weighted by Gasteiger charge is -2.11. The molecular formula is C22H22N2O. The van der Waals surface area contributed by atoms with Gasteiger partial charge in [0.15, 0.2) is 0 Å². The summed E-state index contributed by atoms with van der Waals surface area (Å²) in [5.41, 5.74) is 4.27. The van der Waals surface area contributed by atoms with Crippen molar-refractivity contribution in [1.82, 2.24) is 4.98 Å². The van der Waals surface area contributed by atoms with Crippen molar-refractivity contribution in [3.63, 3.8) is 0 Å². The van der Waals surface area contributed by atoms with Crippen molar-refractivity contribution < 1.29 is 4.74 Å². The number of allylic oxidation sites excluding steroid dienone is 2. The summed E-state index contributed by atoms with van der Waals surface area (Å²) in [6.45, 7) is 0. The van der Waals surface area contributed by atoms with Crippen LogP contribution < -0.4 is 9.64 Å². The van der Waals surface area contributed by atoms with E-state index in [1.807, 2.05) is 56.6 Å². The summed E-state index contributed by atoms with van der Waals surface area (Å²) in [6.07, 6.45) is 8.14. The third-order valence-corrected chi connectivity index (χ3v) is 3.99. The minimum Gasteiger partial charge on any atom is -0.497 e. The Morgan fingerprint density at radius 1 is 0.880 bits per heavy atom. The standard InChI is InChI=1S/C22H22N2O/c1-24(2)20-12-8-17(9-13-20)6-4-5-7-19-11-10-18-16-21(25-3)14-15-22(18)23-19/h4-16H,1-3H3/b6-4+,7-5+. The Morgan fingerprint density at radius 3 is 2.36 bits per heavy atom. The molecule has 3 rings (SSSR count). The third kappa shape index (κ3) is 4.27. The van der Waals surface area contributed by atoms with Crippen LogP contribution in [0.4, 0.5) is 5.69 Å². The Hall–Kier alpha value is -3.07. The molecule has 0 spiro atoms. The van der Waals surface area contributed by atoms with Crippen LogP contribution in [0.15, 0.2) is 66.7 Å². The highest BCUT2D eigenvalue weighted by atomic mass is 16.5. The second-order valence-electron chi connectivity index (χ2n) is 6.00. The van der Waals surface area contributed by atoms with Gasteiger partial charge in [-0.1, -0.05) is 36.4 Å². The number of benzene rings is 2. The predicted octanol–water partition coefficient (Wildman–Crippen LogP) is 5.04. The van der Waals surface area contributed by atoms with E-state index in [0.717, 1.165) is 22.3 Å². The van der Waals surface area contributed by atoms with Gasteiger partial charge in [-0.2, -0.15) is 0 Å². The SMILES string of the molecule is COc1ccc2nc(/C=C/C=C/c3ccc(N(C)C)cc3)ccc2c1. The fourth-order valence-electron chi connectivity index (χ4n) is 2.54. The molecule has 0 bridgehead atoms. The molecule has 0 saturated heterocycles. The maximum Gasteiger partial charge on any atom is 0.119 e. The first-order valence-corrected chi connectivity index (χ1v) is 8.23. The van der Waals surface area contributed by atoms with E-state index in [1.165, 1.54) is 11.3 Å². The molecule has 0 radical (unpaired) electrons. The molecule has 0 saturated carbocycles. The maximum absolute atomic E-state index is 5.24. The van der Waals surface area contributed by atoms with Crippen molar-refractivity contribution in [3.05, 3.63) is 78.0 Å². The fraction of sp³-hybridized carbons (Fsp3) is 0.136. The highest BCUT2D eigenvalue weighted by Crippen LogP contribution is 2.20. The number of hydrogen-bond acceptors (Lipinski definition) is 3. The van der Waals surface area contributed by atoms with E-state index in [9.17, 15) is 0 Å². The van der Waals surface area contributed by atoms with Gasteiger partial charge >= 0.3 is 0 Å². The van der Waals surface area contributed by atoms with E-state index in [2.05, 4.69) is 46.3 Å². The van der Waals surface area contributed by atoms with Crippen LogP contribution in [-0.4, -0.2) is 26.2 Å². The second kappa shape index (κ2) is 7.67. The van der Waals surface area contributed by atoms with Crippen LogP contribution in [-0.2, 0) is 0 Å². The molecule has 0 aliphatic rings. The fourth-order valence-corrected chi connectivity index (χ4v) is 2.54. The van der Waals surface area contributed by atoms with Gasteiger partial charge in [-0.25, -0.2) is 4.98 Å². The molecule has 0 unspecified atom stereocenters. The molecule has 25 heavy (non-hydrogen) atoms. The number of ether oxygens (including phenoxy) is 1. The molecular weight excluding hydrogens is 308 g/mol. The zero-order valence-corrected chi connectivity index (χ0v) is 14.8. The smallest absolute Gasteiger partial charge is 0.119 e. The number of nitrogens with zero attached hydrogens (tertiary/aromatic N) is 2. The normalized spacial score (nSPS) is 11.5. The maximum atomic E-state index is 5.24. The summed E-state index contributed by atoms with van der Waals surface area (Å²) in [7, 11) is 5.76. The predicted molar refractivity (Wildman–Crippen MR) is 107 cm³/mol. The molecule has 1 heterocycles. The zero-order chi connectivity index (χ0) is 17.6. The van der Waals surface area contributed by atoms with E-state index in [4.69, 9.17) is 4.74 Å². The first-order valence-electron chi connectivity index (χ1n) is 8.23. The van der Waals surface area contributed by atoms with E-state index in [1.54, 1.807) is 7.11 Å². The summed E-state index contributed by atoms with van der Waals surface area (Å²) >= 11 is 0. The molecule has 3 nitrogen and oxygen atoms in total. The van der Waals surface area contributed by atoms with Crippen LogP contribution in [0.3, 0.4) is 0 Å². The molecule has 2 aromatic carbocycles. The first-order chi connectivity index (χ1) is 12.2. The number of fused-ring (bicyclic) bond motifs is 1. The number of hydrogen-bond donors (Lipinski definition) is 0. The van der Waals surface area contributed by atoms with Crippen LogP contribution in [0.25, 0.3) is 23.1 Å². The van der Waals surface area contributed by atoms with E-state index in [-0.39, 0.29) is 0 Å². The van der Waals surface area contributed by atoms with Crippen LogP contribution in [0.5, 0.6) is 5.75 Å². The Kier molecular flexibility index (Phi) is 5.14. The summed E-state index contributed by atoms with van der Waals surface area (Å²) < 4.78 is 5.24. The minimum atomic E-state index is 0.848. The lowest BCUT2D eigenvalue weighted by atomic mass is 10.1. The van der Waals surface area contributed by atoms with Gasteiger partial charge in [0.05, 0.1) is 18.3 Å². The van der Waals surface area contributed by atoms with Gasteiger partial charge in [-0.05, 0) is 48.0 Å². The summed E-state index contributed by atoms with van der Waals surface area (Å²) in [5, 5.41) is 1.08. The highest BCUT2D eigenvalue weighted by molar-refractivity contribution is 5.81. The van der Waals surface area contributed by atoms with Gasteiger partial charge in [0, 0.05) is 25.2 Å². The number of aromatic nitrogens is 1. The van der Waals surface area contributed by atoms with E-state index in [0.29, 0.717) is 0 Å². The molecule has 1 aromatic heterocycles. The highest BCUT2D eigenvalue weighted by Gasteiger charge is 1.98. The van der Waals surface area contributed by atoms with Gasteiger partial charge in [-0.3, -0.25) is 0 Å². The van der Waals surface area contributed by atoms with Crippen molar-refractivity contribution in [3.8, 4) is 5.75 Å². The molecule has 0 atom stereocenters. The van der Waals surface area contributed by atoms with Crippen LogP contribution in [0.2, 0.25) is 0 Å². The van der Waals surface area contributed by atoms with Crippen molar-refractivity contribution in [2.45, 2.75) is 0 Å². The summed E-state index contributed by atoms with van der Waals surface area (Å²) in [5.74, 6) is 0.848. The van der Waals surface area contributed by atoms with Crippen molar-refractivity contribution in [2.24, 2.45) is 0 Å². The Labute approximate surface area is 148 Å². The van der Waals surface area contributed by atoms with Gasteiger partial charge in [0.1, 0.15) is 5.75 Å². The largest absolute Gasteiger partial charge is 0.497 e. The van der Waals surface area contributed by atoms with E-state index >= 15 is 0 Å². The average molecular weight is 330 g/mol. The monoisotopic (exact) mass is 330 g/mol. The van der Waals surface area contributed by atoms with Crippen LogP contribution in [0, 0.1) is 0 Å². The third-order valence-electron chi connectivity index (χ3n) is 3.99. The second-order valence-corrected chi connectivity index (χ2v) is 6.00. The van der Waals surface area contributed by atoms with Crippen LogP contribution in [0.1, 0.15) is 11.3 Å². The first kappa shape index (κ1) is 16.8. The Morgan fingerprint density at radius 2 is 1.64 bits per heavy atom. The van der Waals surface area contributed by atoms with Gasteiger partial charge in [0.2, 0.25) is 0 Å². The molecule has 0 fully saturated rings. The number of methoxy groups -OCH3 is 1. The lowest BCUT2D eigenvalue weighted by molar-refractivity contribution is 0.415. The van der Waals surface area contributed by atoms with Gasteiger partial charge in [-0.15, -0.1) is 0 Å². The lowest BCUT2D eigenvalue weighted by Crippen LogP contribution is -2.07. The molecule has 3 heteroatoms. The van der Waals surface area contributed by atoms with Crippen molar-refractivity contribution in [2.75, 3.05) is 26.1 Å². The van der Waals surface area contributed by atoms with Gasteiger partial charge < -0.3 is 9.64 Å². The molecule has 0 N–H and O–H groups in total. The minimum absolute atomic E-state index is 0.848. The molecule has 0 aliphatic carbocycles. The molecule has 126 valence electrons. The van der Waals surface area contributed by atoms with Gasteiger partial charge in [0.25, 0.3) is 0 Å². The molecule has 0 aliphatic heterocycles. The Balaban J connectivity index is 1.70. The van der Waals surface area contributed by atoms with Crippen molar-refractivity contribution >= 4 is 28.7 Å². The average Bonchev–Trinajstić information content (AvgIpc) is 2.65. The van der Waals surface area contributed by atoms with Crippen LogP contribution >= 0.6 is 0 Å². The summed E-state index contributed by atoms with van der Waals surface area (Å²) in [4.78, 5) is 6.74. The Bertz CT molecular complexity index is 909. The van der Waals surface area contributed by atoms with Crippen molar-refractivity contribution in [1.29, 1.82) is 0 Å². The number of pyridine rings is 1. The zero-order valence-electron chi connectivity index (χ0n) is 14.8. The topological polar surface area (TPSA) is 25.4 Å². The molecule has 3 aromatic rings. The molecule has 0 amide bonds. The number of anilines is 1. The quantitative estimate of drug-likeness (QED) is 0.613. The number of rotatable bonds is 5. The summed E-state index contributed by atoms with van der Waals surface area (Å²) in [6, 6.07) is 18.4.